The van der Waals surface area contributed by atoms with Crippen LogP contribution in [-0.2, 0) is 0 Å². The maximum Gasteiger partial charge on any atom is 0.0432 e. The van der Waals surface area contributed by atoms with Gasteiger partial charge >= 0.3 is 0 Å². The lowest BCUT2D eigenvalue weighted by Gasteiger charge is -2.32. The number of allylic oxidation sites excluding steroid dienone is 1. The van der Waals surface area contributed by atoms with Crippen LogP contribution < -0.4 is 10.6 Å². The van der Waals surface area contributed by atoms with Gasteiger partial charge in [0.15, 0.2) is 0 Å². The van der Waals surface area contributed by atoms with E-state index in [1.165, 1.54) is 18.4 Å². The first-order valence-corrected chi connectivity index (χ1v) is 4.93. The number of hydrogen-bond acceptors (Lipinski definition) is 2. The molecule has 0 aliphatic carbocycles. The van der Waals surface area contributed by atoms with Gasteiger partial charge in [-0.15, -0.1) is 0 Å². The Hall–Kier alpha value is -0.340. The monoisotopic (exact) mass is 166 g/mol. The molecule has 0 saturated carbocycles. The SMILES string of the molecule is CC=C(C)[C@@H]1NC[C@H]2CC[C@@H]1N2. The maximum absolute atomic E-state index is 3.65. The molecule has 0 spiro atoms. The van der Waals surface area contributed by atoms with Crippen LogP contribution in [0.4, 0.5) is 0 Å². The standard InChI is InChI=1S/C10H18N2/c1-3-7(2)10-9-5-4-8(12-9)6-11-10/h3,8-12H,4-6H2,1-2H3/t8-,9+,10+/m1/s1. The smallest absolute Gasteiger partial charge is 0.0432 e. The van der Waals surface area contributed by atoms with Gasteiger partial charge in [-0.2, -0.15) is 0 Å². The van der Waals surface area contributed by atoms with Crippen molar-refractivity contribution in [1.82, 2.24) is 10.6 Å². The zero-order chi connectivity index (χ0) is 8.55. The molecule has 2 fully saturated rings. The summed E-state index contributed by atoms with van der Waals surface area (Å²) >= 11 is 0. The molecule has 2 heterocycles. The first kappa shape index (κ1) is 8.27. The second-order valence-electron chi connectivity index (χ2n) is 3.97. The summed E-state index contributed by atoms with van der Waals surface area (Å²) in [5.41, 5.74) is 1.48. The average molecular weight is 166 g/mol. The molecule has 2 nitrogen and oxygen atoms in total. The van der Waals surface area contributed by atoms with Gasteiger partial charge in [0.25, 0.3) is 0 Å². The molecule has 2 N–H and O–H groups in total. The summed E-state index contributed by atoms with van der Waals surface area (Å²) in [6.45, 7) is 5.49. The molecule has 0 aromatic heterocycles. The van der Waals surface area contributed by atoms with Crippen molar-refractivity contribution in [3.8, 4) is 0 Å². The van der Waals surface area contributed by atoms with Crippen molar-refractivity contribution in [3.05, 3.63) is 11.6 Å². The van der Waals surface area contributed by atoms with Gasteiger partial charge in [0.2, 0.25) is 0 Å². The van der Waals surface area contributed by atoms with Crippen molar-refractivity contribution < 1.29 is 0 Å². The predicted octanol–water partition coefficient (Wildman–Crippen LogP) is 1.04. The van der Waals surface area contributed by atoms with Gasteiger partial charge < -0.3 is 10.6 Å². The van der Waals surface area contributed by atoms with Crippen molar-refractivity contribution in [3.63, 3.8) is 0 Å². The Morgan fingerprint density at radius 3 is 3.00 bits per heavy atom. The first-order chi connectivity index (χ1) is 5.81. The fourth-order valence-electron chi connectivity index (χ4n) is 2.34. The molecule has 3 atom stereocenters. The molecule has 0 amide bonds. The number of hydrogen-bond donors (Lipinski definition) is 2. The molecule has 0 unspecified atom stereocenters. The zero-order valence-corrected chi connectivity index (χ0v) is 7.93. The molecule has 68 valence electrons. The van der Waals surface area contributed by atoms with E-state index >= 15 is 0 Å². The third-order valence-corrected chi connectivity index (χ3v) is 3.21. The van der Waals surface area contributed by atoms with Crippen LogP contribution in [0.3, 0.4) is 0 Å². The van der Waals surface area contributed by atoms with Crippen LogP contribution in [-0.4, -0.2) is 24.7 Å². The normalized spacial score (nSPS) is 41.8. The van der Waals surface area contributed by atoms with Crippen LogP contribution in [0.25, 0.3) is 0 Å². The van der Waals surface area contributed by atoms with Crippen LogP contribution in [0, 0.1) is 0 Å². The summed E-state index contributed by atoms with van der Waals surface area (Å²) in [6, 6.07) is 2.03. The molecule has 2 aliphatic rings. The van der Waals surface area contributed by atoms with Crippen molar-refractivity contribution in [2.45, 2.75) is 44.8 Å². The van der Waals surface area contributed by atoms with E-state index in [1.54, 1.807) is 0 Å². The maximum atomic E-state index is 3.65. The summed E-state index contributed by atoms with van der Waals surface area (Å²) < 4.78 is 0. The van der Waals surface area contributed by atoms with E-state index < -0.39 is 0 Å². The minimum Gasteiger partial charge on any atom is -0.308 e. The lowest BCUT2D eigenvalue weighted by Crippen LogP contribution is -2.56. The van der Waals surface area contributed by atoms with E-state index in [4.69, 9.17) is 0 Å². The van der Waals surface area contributed by atoms with Crippen molar-refractivity contribution in [2.24, 2.45) is 0 Å². The minimum atomic E-state index is 0.591. The lowest BCUT2D eigenvalue weighted by atomic mass is 9.99. The highest BCUT2D eigenvalue weighted by atomic mass is 15.1. The van der Waals surface area contributed by atoms with Crippen molar-refractivity contribution in [1.29, 1.82) is 0 Å². The number of rotatable bonds is 1. The summed E-state index contributed by atoms with van der Waals surface area (Å²) in [7, 11) is 0. The van der Waals surface area contributed by atoms with Gasteiger partial charge in [-0.05, 0) is 26.7 Å². The summed E-state index contributed by atoms with van der Waals surface area (Å²) in [5, 5.41) is 7.25. The second kappa shape index (κ2) is 3.19. The van der Waals surface area contributed by atoms with Crippen LogP contribution in [0.15, 0.2) is 11.6 Å². The lowest BCUT2D eigenvalue weighted by molar-refractivity contribution is 0.360. The van der Waals surface area contributed by atoms with Crippen LogP contribution in [0.1, 0.15) is 26.7 Å². The molecule has 0 radical (unpaired) electrons. The first-order valence-electron chi connectivity index (χ1n) is 4.93. The molecule has 12 heavy (non-hydrogen) atoms. The highest BCUT2D eigenvalue weighted by molar-refractivity contribution is 5.15. The van der Waals surface area contributed by atoms with Gasteiger partial charge in [-0.3, -0.25) is 0 Å². The predicted molar refractivity (Wildman–Crippen MR) is 51.2 cm³/mol. The Bertz CT molecular complexity index is 198. The van der Waals surface area contributed by atoms with E-state index in [-0.39, 0.29) is 0 Å². The van der Waals surface area contributed by atoms with Crippen LogP contribution in [0.2, 0.25) is 0 Å². The van der Waals surface area contributed by atoms with Gasteiger partial charge in [0.05, 0.1) is 0 Å². The fraction of sp³-hybridized carbons (Fsp3) is 0.800. The molecular formula is C10H18N2. The summed E-state index contributed by atoms with van der Waals surface area (Å²) in [5.74, 6) is 0. The Balaban J connectivity index is 2.07. The molecule has 0 aromatic carbocycles. The van der Waals surface area contributed by atoms with Crippen LogP contribution in [0.5, 0.6) is 0 Å². The minimum absolute atomic E-state index is 0.591. The molecule has 2 rings (SSSR count). The van der Waals surface area contributed by atoms with E-state index in [1.807, 2.05) is 0 Å². The summed E-state index contributed by atoms with van der Waals surface area (Å²) in [6.07, 6.45) is 4.91. The zero-order valence-electron chi connectivity index (χ0n) is 7.93. The molecule has 2 heteroatoms. The second-order valence-corrected chi connectivity index (χ2v) is 3.97. The molecule has 0 aromatic rings. The highest BCUT2D eigenvalue weighted by Gasteiger charge is 2.34. The van der Waals surface area contributed by atoms with Crippen molar-refractivity contribution in [2.75, 3.05) is 6.54 Å². The number of piperazine rings is 1. The molecular weight excluding hydrogens is 148 g/mol. The number of fused-ring (bicyclic) bond motifs is 2. The topological polar surface area (TPSA) is 24.1 Å². The van der Waals surface area contributed by atoms with E-state index in [0.717, 1.165) is 12.6 Å². The highest BCUT2D eigenvalue weighted by Crippen LogP contribution is 2.22. The quantitative estimate of drug-likeness (QED) is 0.569. The fourth-order valence-corrected chi connectivity index (χ4v) is 2.34. The Morgan fingerprint density at radius 2 is 2.25 bits per heavy atom. The van der Waals surface area contributed by atoms with Gasteiger partial charge in [0, 0.05) is 24.7 Å². The number of nitrogens with one attached hydrogen (secondary N) is 2. The summed E-state index contributed by atoms with van der Waals surface area (Å²) in [4.78, 5) is 0. The Morgan fingerprint density at radius 1 is 1.42 bits per heavy atom. The third-order valence-electron chi connectivity index (χ3n) is 3.21. The average Bonchev–Trinajstić information content (AvgIpc) is 2.47. The van der Waals surface area contributed by atoms with E-state index in [0.29, 0.717) is 12.1 Å². The molecule has 2 saturated heterocycles. The van der Waals surface area contributed by atoms with E-state index in [9.17, 15) is 0 Å². The molecule has 2 aliphatic heterocycles. The molecule has 2 bridgehead atoms. The van der Waals surface area contributed by atoms with Gasteiger partial charge in [-0.25, -0.2) is 0 Å². The van der Waals surface area contributed by atoms with Gasteiger partial charge in [-0.1, -0.05) is 11.6 Å². The Labute approximate surface area is 74.4 Å². The Kier molecular flexibility index (Phi) is 2.20. The van der Waals surface area contributed by atoms with Crippen molar-refractivity contribution >= 4 is 0 Å². The van der Waals surface area contributed by atoms with Gasteiger partial charge in [0.1, 0.15) is 0 Å². The largest absolute Gasteiger partial charge is 0.308 e. The third kappa shape index (κ3) is 1.29. The van der Waals surface area contributed by atoms with Crippen LogP contribution >= 0.6 is 0 Å². The van der Waals surface area contributed by atoms with E-state index in [2.05, 4.69) is 30.6 Å².